The van der Waals surface area contributed by atoms with E-state index in [2.05, 4.69) is 30.0 Å². The van der Waals surface area contributed by atoms with Gasteiger partial charge in [-0.25, -0.2) is 22.2 Å². The van der Waals surface area contributed by atoms with Crippen LogP contribution in [0.1, 0.15) is 78.8 Å². The van der Waals surface area contributed by atoms with Gasteiger partial charge in [0.15, 0.2) is 0 Å². The molecule has 0 bridgehead atoms. The van der Waals surface area contributed by atoms with E-state index in [0.717, 1.165) is 44.3 Å². The number of amides is 1. The Morgan fingerprint density at radius 1 is 0.922 bits per heavy atom. The molecule has 2 N–H and O–H groups in total. The first-order valence-corrected chi connectivity index (χ1v) is 19.1. The summed E-state index contributed by atoms with van der Waals surface area (Å²) in [4.78, 5) is 12.6. The molecule has 0 unspecified atom stereocenters. The topological polar surface area (TPSA) is 117 Å². The van der Waals surface area contributed by atoms with Gasteiger partial charge in [-0.05, 0) is 72.9 Å². The maximum Gasteiger partial charge on any atom is 0.266 e. The molecule has 0 saturated carbocycles. The molecule has 1 aromatic heterocycles. The normalized spacial score (nSPS) is 11.3. The van der Waals surface area contributed by atoms with Crippen LogP contribution in [-0.4, -0.2) is 30.7 Å². The first-order valence-electron chi connectivity index (χ1n) is 16.8. The number of anilines is 1. The number of unbranched alkanes of at least 4 members (excludes halogenated alkanes) is 3. The zero-order chi connectivity index (χ0) is 36.5. The Bertz CT molecular complexity index is 2200. The Balaban J connectivity index is 1.47. The van der Waals surface area contributed by atoms with E-state index in [9.17, 15) is 18.5 Å². The van der Waals surface area contributed by atoms with Crippen LogP contribution in [0.5, 0.6) is 0 Å². The van der Waals surface area contributed by atoms with Gasteiger partial charge in [0.05, 0.1) is 31.9 Å². The van der Waals surface area contributed by atoms with Gasteiger partial charge in [0.2, 0.25) is 0 Å². The summed E-state index contributed by atoms with van der Waals surface area (Å²) in [7, 11) is -4.38. The zero-order valence-electron chi connectivity index (χ0n) is 28.3. The predicted molar refractivity (Wildman–Crippen MR) is 201 cm³/mol. The lowest BCUT2D eigenvalue weighted by Gasteiger charge is -2.13. The first-order chi connectivity index (χ1) is 24.6. The quantitative estimate of drug-likeness (QED) is 0.103. The van der Waals surface area contributed by atoms with Gasteiger partial charge in [0, 0.05) is 29.8 Å². The Labute approximate surface area is 308 Å². The van der Waals surface area contributed by atoms with E-state index in [1.807, 2.05) is 12.1 Å². The minimum atomic E-state index is -4.38. The fourth-order valence-corrected chi connectivity index (χ4v) is 7.39. The zero-order valence-corrected chi connectivity index (χ0v) is 30.7. The van der Waals surface area contributed by atoms with Crippen LogP contribution in [-0.2, 0) is 22.9 Å². The SMILES string of the molecule is CCCCCNc1ccc(Cl)c(-n2nc(CCCC)c(Cc3ccc(-c4ccccc4S(=O)(=O)NC(=O)c4ccccc4Cl)cc3F)c2C#N)c1. The molecule has 1 amide bonds. The number of nitriles is 1. The van der Waals surface area contributed by atoms with Crippen molar-refractivity contribution in [2.75, 3.05) is 11.9 Å². The highest BCUT2D eigenvalue weighted by Crippen LogP contribution is 2.32. The maximum atomic E-state index is 16.0. The largest absolute Gasteiger partial charge is 0.385 e. The first kappa shape index (κ1) is 37.6. The fraction of sp³-hybridized carbons (Fsp3) is 0.256. The molecular weight excluding hydrogens is 708 g/mol. The summed E-state index contributed by atoms with van der Waals surface area (Å²) < 4.78 is 46.5. The second-order valence-corrected chi connectivity index (χ2v) is 14.6. The number of sulfonamides is 1. The van der Waals surface area contributed by atoms with Crippen molar-refractivity contribution in [3.63, 3.8) is 0 Å². The minimum Gasteiger partial charge on any atom is -0.385 e. The number of nitrogens with one attached hydrogen (secondary N) is 2. The molecule has 4 aromatic carbocycles. The molecule has 0 radical (unpaired) electrons. The molecule has 51 heavy (non-hydrogen) atoms. The molecule has 5 aromatic rings. The van der Waals surface area contributed by atoms with E-state index >= 15 is 4.39 Å². The number of benzene rings is 4. The number of aryl methyl sites for hydroxylation is 1. The molecule has 0 aliphatic heterocycles. The minimum absolute atomic E-state index is 0.00281. The smallest absolute Gasteiger partial charge is 0.266 e. The predicted octanol–water partition coefficient (Wildman–Crippen LogP) is 9.51. The van der Waals surface area contributed by atoms with Crippen LogP contribution in [0.4, 0.5) is 10.1 Å². The summed E-state index contributed by atoms with van der Waals surface area (Å²) in [5.74, 6) is -1.48. The second-order valence-electron chi connectivity index (χ2n) is 12.1. The van der Waals surface area contributed by atoms with E-state index in [1.165, 1.54) is 30.3 Å². The summed E-state index contributed by atoms with van der Waals surface area (Å²) in [5.41, 5.74) is 3.75. The standard InChI is InChI=1S/C39H38Cl2FN5O3S/c1-3-5-11-21-44-28-19-20-33(41)36(24-28)47-37(25-43)31(35(45-47)15-6-4-2)22-27-18-17-26(23-34(27)42)29-12-8-10-16-38(29)51(49,50)46-39(48)30-13-7-9-14-32(30)40/h7-10,12-14,16-20,23-24,44H,3-6,11,15,21-22H2,1-2H3,(H,46,48). The summed E-state index contributed by atoms with van der Waals surface area (Å²) >= 11 is 12.8. The van der Waals surface area contributed by atoms with Gasteiger partial charge in [0.25, 0.3) is 15.9 Å². The van der Waals surface area contributed by atoms with E-state index < -0.39 is 21.7 Å². The van der Waals surface area contributed by atoms with Crippen LogP contribution in [0.2, 0.25) is 10.0 Å². The second kappa shape index (κ2) is 17.0. The van der Waals surface area contributed by atoms with E-state index in [4.69, 9.17) is 28.3 Å². The molecule has 12 heteroatoms. The molecule has 5 rings (SSSR count). The molecule has 264 valence electrons. The Morgan fingerprint density at radius 3 is 2.39 bits per heavy atom. The van der Waals surface area contributed by atoms with Crippen LogP contribution in [0.15, 0.2) is 89.8 Å². The highest BCUT2D eigenvalue weighted by Gasteiger charge is 2.25. The molecule has 0 aliphatic rings. The molecule has 1 heterocycles. The van der Waals surface area contributed by atoms with Crippen molar-refractivity contribution < 1.29 is 17.6 Å². The summed E-state index contributed by atoms with van der Waals surface area (Å²) in [6, 6.07) is 24.4. The number of halogens is 3. The molecule has 0 aliphatic carbocycles. The van der Waals surface area contributed by atoms with E-state index in [1.54, 1.807) is 47.1 Å². The molecule has 0 saturated heterocycles. The van der Waals surface area contributed by atoms with Crippen LogP contribution in [0.3, 0.4) is 0 Å². The van der Waals surface area contributed by atoms with Gasteiger partial charge in [-0.2, -0.15) is 10.4 Å². The number of hydrogen-bond donors (Lipinski definition) is 2. The highest BCUT2D eigenvalue weighted by molar-refractivity contribution is 7.90. The highest BCUT2D eigenvalue weighted by atomic mass is 35.5. The van der Waals surface area contributed by atoms with Crippen molar-refractivity contribution in [2.45, 2.75) is 63.7 Å². The van der Waals surface area contributed by atoms with Crippen LogP contribution in [0, 0.1) is 17.1 Å². The summed E-state index contributed by atoms with van der Waals surface area (Å²) in [5, 5.41) is 19.2. The van der Waals surface area contributed by atoms with Gasteiger partial charge in [-0.15, -0.1) is 0 Å². The van der Waals surface area contributed by atoms with Gasteiger partial charge in [-0.3, -0.25) is 4.79 Å². The maximum absolute atomic E-state index is 16.0. The molecule has 8 nitrogen and oxygen atoms in total. The third kappa shape index (κ3) is 8.79. The summed E-state index contributed by atoms with van der Waals surface area (Å²) in [6.07, 6.45) is 5.63. The molecular formula is C39H38Cl2FN5O3S. The number of carbonyl (C=O) groups is 1. The monoisotopic (exact) mass is 745 g/mol. The number of nitrogens with zero attached hydrogens (tertiary/aromatic N) is 3. The van der Waals surface area contributed by atoms with Crippen molar-refractivity contribution in [2.24, 2.45) is 0 Å². The van der Waals surface area contributed by atoms with Crippen molar-refractivity contribution in [3.05, 3.63) is 129 Å². The lowest BCUT2D eigenvalue weighted by atomic mass is 9.97. The molecule has 0 spiro atoms. The van der Waals surface area contributed by atoms with E-state index in [0.29, 0.717) is 39.5 Å². The molecule has 0 fully saturated rings. The number of rotatable bonds is 15. The van der Waals surface area contributed by atoms with E-state index in [-0.39, 0.29) is 33.2 Å². The number of aromatic nitrogens is 2. The van der Waals surface area contributed by atoms with Crippen molar-refractivity contribution in [1.29, 1.82) is 5.26 Å². The van der Waals surface area contributed by atoms with Crippen molar-refractivity contribution in [1.82, 2.24) is 14.5 Å². The fourth-order valence-electron chi connectivity index (χ4n) is 5.77. The third-order valence-corrected chi connectivity index (χ3v) is 10.5. The van der Waals surface area contributed by atoms with Crippen molar-refractivity contribution in [3.8, 4) is 22.9 Å². The van der Waals surface area contributed by atoms with Crippen LogP contribution in [0.25, 0.3) is 16.8 Å². The average molecular weight is 747 g/mol. The van der Waals surface area contributed by atoms with Gasteiger partial charge in [-0.1, -0.05) is 98.8 Å². The van der Waals surface area contributed by atoms with Gasteiger partial charge >= 0.3 is 0 Å². The number of hydrogen-bond acceptors (Lipinski definition) is 6. The van der Waals surface area contributed by atoms with Gasteiger partial charge < -0.3 is 5.32 Å². The third-order valence-electron chi connectivity index (χ3n) is 8.48. The number of carbonyl (C=O) groups excluding carboxylic acids is 1. The summed E-state index contributed by atoms with van der Waals surface area (Å²) in [6.45, 7) is 5.01. The van der Waals surface area contributed by atoms with Crippen molar-refractivity contribution >= 4 is 44.8 Å². The van der Waals surface area contributed by atoms with Crippen LogP contribution < -0.4 is 10.0 Å². The lowest BCUT2D eigenvalue weighted by molar-refractivity contribution is 0.0981. The lowest BCUT2D eigenvalue weighted by Crippen LogP contribution is -2.31. The Morgan fingerprint density at radius 2 is 1.67 bits per heavy atom. The average Bonchev–Trinajstić information content (AvgIpc) is 3.47. The Hall–Kier alpha value is -4.69. The molecule has 0 atom stereocenters. The van der Waals surface area contributed by atoms with Crippen LogP contribution >= 0.6 is 23.2 Å². The Kier molecular flexibility index (Phi) is 12.5. The van der Waals surface area contributed by atoms with Gasteiger partial charge in [0.1, 0.15) is 17.6 Å².